The molecular formula is C16H19N3O4S3. The molecule has 1 fully saturated rings. The van der Waals surface area contributed by atoms with Crippen LogP contribution in [0, 0.1) is 5.92 Å². The fourth-order valence-electron chi connectivity index (χ4n) is 2.86. The Morgan fingerprint density at radius 3 is 2.77 bits per heavy atom. The van der Waals surface area contributed by atoms with Crippen molar-refractivity contribution >= 4 is 44.5 Å². The van der Waals surface area contributed by atoms with Gasteiger partial charge in [-0.3, -0.25) is 9.59 Å². The summed E-state index contributed by atoms with van der Waals surface area (Å²) in [7, 11) is -3.72. The lowest BCUT2D eigenvalue weighted by molar-refractivity contribution is -0.126. The molecule has 1 aliphatic heterocycles. The van der Waals surface area contributed by atoms with Crippen molar-refractivity contribution in [3.05, 3.63) is 39.4 Å². The summed E-state index contributed by atoms with van der Waals surface area (Å²) in [5.41, 5.74) is 0. The first-order chi connectivity index (χ1) is 12.3. The molecular weight excluding hydrogens is 394 g/mol. The summed E-state index contributed by atoms with van der Waals surface area (Å²) in [5, 5.41) is 9.77. The van der Waals surface area contributed by atoms with E-state index in [1.165, 1.54) is 17.4 Å². The van der Waals surface area contributed by atoms with Crippen LogP contribution < -0.4 is 10.5 Å². The zero-order chi connectivity index (χ0) is 18.7. The second kappa shape index (κ2) is 7.87. The van der Waals surface area contributed by atoms with Gasteiger partial charge in [0.15, 0.2) is 0 Å². The van der Waals surface area contributed by atoms with Gasteiger partial charge in [0.2, 0.25) is 15.9 Å². The van der Waals surface area contributed by atoms with Gasteiger partial charge in [-0.2, -0.15) is 0 Å². The molecule has 0 radical (unpaired) electrons. The summed E-state index contributed by atoms with van der Waals surface area (Å²) in [6.07, 6.45) is 1.51. The highest BCUT2D eigenvalue weighted by atomic mass is 32.2. The molecule has 0 bridgehead atoms. The first kappa shape index (κ1) is 19.0. The van der Waals surface area contributed by atoms with Crippen LogP contribution in [0.15, 0.2) is 33.9 Å². The summed E-state index contributed by atoms with van der Waals surface area (Å²) in [4.78, 5) is 28.0. The van der Waals surface area contributed by atoms with Gasteiger partial charge in [0.05, 0.1) is 17.3 Å². The predicted octanol–water partition coefficient (Wildman–Crippen LogP) is 1.63. The van der Waals surface area contributed by atoms with Gasteiger partial charge in [-0.05, 0) is 36.4 Å². The second-order valence-corrected chi connectivity index (χ2v) is 9.96. The van der Waals surface area contributed by atoms with Crippen molar-refractivity contribution in [1.82, 2.24) is 10.2 Å². The van der Waals surface area contributed by atoms with Crippen LogP contribution in [0.3, 0.4) is 0 Å². The molecule has 3 heterocycles. The number of amides is 2. The Morgan fingerprint density at radius 2 is 2.12 bits per heavy atom. The number of primary sulfonamides is 1. The molecule has 10 heteroatoms. The number of nitrogens with zero attached hydrogens (tertiary/aromatic N) is 1. The van der Waals surface area contributed by atoms with Crippen LogP contribution in [0.2, 0.25) is 0 Å². The number of piperidine rings is 1. The molecule has 3 N–H and O–H groups in total. The standard InChI is InChI=1S/C16H19N3O4S3/c17-26(22,23)14-6-5-12(25-14)9-18-15(20)11-3-1-7-19(10-11)16(21)13-4-2-8-24-13/h2,4-6,8,11H,1,3,7,9-10H2,(H,18,20)(H2,17,22,23)/t11-/m1/s1. The minimum atomic E-state index is -3.72. The van der Waals surface area contributed by atoms with E-state index in [0.717, 1.165) is 24.2 Å². The van der Waals surface area contributed by atoms with E-state index in [-0.39, 0.29) is 28.5 Å². The Balaban J connectivity index is 1.56. The number of carbonyl (C=O) groups is 2. The molecule has 0 saturated carbocycles. The van der Waals surface area contributed by atoms with Crippen molar-refractivity contribution < 1.29 is 18.0 Å². The van der Waals surface area contributed by atoms with Gasteiger partial charge in [0.1, 0.15) is 4.21 Å². The maximum absolute atomic E-state index is 12.4. The molecule has 3 rings (SSSR count). The fourth-order valence-corrected chi connectivity index (χ4v) is 5.27. The molecule has 0 aromatic carbocycles. The lowest BCUT2D eigenvalue weighted by Crippen LogP contribution is -2.45. The van der Waals surface area contributed by atoms with Crippen LogP contribution in [0.5, 0.6) is 0 Å². The summed E-state index contributed by atoms with van der Waals surface area (Å²) in [5.74, 6) is -0.418. The Bertz CT molecular complexity index is 890. The van der Waals surface area contributed by atoms with Gasteiger partial charge in [0, 0.05) is 18.0 Å². The van der Waals surface area contributed by atoms with E-state index in [4.69, 9.17) is 5.14 Å². The van der Waals surface area contributed by atoms with E-state index in [1.807, 2.05) is 11.4 Å². The zero-order valence-corrected chi connectivity index (χ0v) is 16.3. The van der Waals surface area contributed by atoms with Crippen molar-refractivity contribution in [2.24, 2.45) is 11.1 Å². The molecule has 0 spiro atoms. The van der Waals surface area contributed by atoms with Gasteiger partial charge < -0.3 is 10.2 Å². The minimum Gasteiger partial charge on any atom is -0.351 e. The number of hydrogen-bond acceptors (Lipinski definition) is 6. The molecule has 1 aliphatic rings. The van der Waals surface area contributed by atoms with Gasteiger partial charge in [-0.25, -0.2) is 13.6 Å². The summed E-state index contributed by atoms with van der Waals surface area (Å²) in [6.45, 7) is 1.30. The highest BCUT2D eigenvalue weighted by Crippen LogP contribution is 2.22. The first-order valence-electron chi connectivity index (χ1n) is 8.06. The Kier molecular flexibility index (Phi) is 5.76. The number of likely N-dealkylation sites (tertiary alicyclic amines) is 1. The number of thiophene rings is 2. The molecule has 2 amide bonds. The number of hydrogen-bond donors (Lipinski definition) is 2. The highest BCUT2D eigenvalue weighted by molar-refractivity contribution is 7.91. The number of rotatable bonds is 5. The van der Waals surface area contributed by atoms with Crippen molar-refractivity contribution in [2.45, 2.75) is 23.6 Å². The molecule has 2 aromatic rings. The monoisotopic (exact) mass is 413 g/mol. The number of sulfonamides is 1. The van der Waals surface area contributed by atoms with Crippen LogP contribution in [-0.2, 0) is 21.4 Å². The van der Waals surface area contributed by atoms with Crippen LogP contribution in [-0.4, -0.2) is 38.2 Å². The largest absolute Gasteiger partial charge is 0.351 e. The lowest BCUT2D eigenvalue weighted by atomic mass is 9.97. The Labute approximate surface area is 159 Å². The third kappa shape index (κ3) is 4.50. The molecule has 7 nitrogen and oxygen atoms in total. The maximum atomic E-state index is 12.4. The van der Waals surface area contributed by atoms with Gasteiger partial charge in [-0.15, -0.1) is 22.7 Å². The predicted molar refractivity (Wildman–Crippen MR) is 100 cm³/mol. The average Bonchev–Trinajstić information content (AvgIpc) is 3.30. The Hall–Kier alpha value is -1.75. The molecule has 2 aromatic heterocycles. The van der Waals surface area contributed by atoms with Gasteiger partial charge in [0.25, 0.3) is 5.91 Å². The molecule has 0 unspecified atom stereocenters. The van der Waals surface area contributed by atoms with Crippen LogP contribution >= 0.6 is 22.7 Å². The second-order valence-electron chi connectivity index (χ2n) is 6.05. The number of nitrogens with one attached hydrogen (secondary N) is 1. The molecule has 26 heavy (non-hydrogen) atoms. The van der Waals surface area contributed by atoms with E-state index in [0.29, 0.717) is 22.8 Å². The SMILES string of the molecule is NS(=O)(=O)c1ccc(CNC(=O)[C@@H]2CCCN(C(=O)c3cccs3)C2)s1. The van der Waals surface area contributed by atoms with Crippen molar-refractivity contribution in [2.75, 3.05) is 13.1 Å². The van der Waals surface area contributed by atoms with Crippen LogP contribution in [0.4, 0.5) is 0 Å². The van der Waals surface area contributed by atoms with E-state index in [1.54, 1.807) is 17.0 Å². The zero-order valence-electron chi connectivity index (χ0n) is 13.9. The van der Waals surface area contributed by atoms with E-state index < -0.39 is 10.0 Å². The summed E-state index contributed by atoms with van der Waals surface area (Å²) < 4.78 is 22.7. The molecule has 1 atom stereocenters. The van der Waals surface area contributed by atoms with Crippen molar-refractivity contribution in [3.8, 4) is 0 Å². The Morgan fingerprint density at radius 1 is 1.31 bits per heavy atom. The average molecular weight is 414 g/mol. The van der Waals surface area contributed by atoms with Crippen LogP contribution in [0.1, 0.15) is 27.4 Å². The smallest absolute Gasteiger partial charge is 0.263 e. The highest BCUT2D eigenvalue weighted by Gasteiger charge is 2.29. The first-order valence-corrected chi connectivity index (χ1v) is 11.3. The lowest BCUT2D eigenvalue weighted by Gasteiger charge is -2.31. The molecule has 140 valence electrons. The quantitative estimate of drug-likeness (QED) is 0.776. The topological polar surface area (TPSA) is 110 Å². The third-order valence-corrected chi connectivity index (χ3v) is 7.55. The fraction of sp³-hybridized carbons (Fsp3) is 0.375. The molecule has 1 saturated heterocycles. The minimum absolute atomic E-state index is 0.0337. The van der Waals surface area contributed by atoms with E-state index in [2.05, 4.69) is 5.32 Å². The molecule has 0 aliphatic carbocycles. The number of carbonyl (C=O) groups excluding carboxylic acids is 2. The van der Waals surface area contributed by atoms with Crippen molar-refractivity contribution in [3.63, 3.8) is 0 Å². The number of nitrogens with two attached hydrogens (primary N) is 1. The van der Waals surface area contributed by atoms with Gasteiger partial charge >= 0.3 is 0 Å². The van der Waals surface area contributed by atoms with E-state index in [9.17, 15) is 18.0 Å². The van der Waals surface area contributed by atoms with Crippen LogP contribution in [0.25, 0.3) is 0 Å². The maximum Gasteiger partial charge on any atom is 0.263 e. The van der Waals surface area contributed by atoms with Crippen molar-refractivity contribution in [1.29, 1.82) is 0 Å². The normalized spacial score (nSPS) is 17.9. The van der Waals surface area contributed by atoms with Gasteiger partial charge in [-0.1, -0.05) is 6.07 Å². The third-order valence-electron chi connectivity index (χ3n) is 4.17. The van der Waals surface area contributed by atoms with E-state index >= 15 is 0 Å². The summed E-state index contributed by atoms with van der Waals surface area (Å²) in [6, 6.07) is 6.70. The summed E-state index contributed by atoms with van der Waals surface area (Å²) >= 11 is 2.44.